The maximum absolute atomic E-state index is 12.3. The van der Waals surface area contributed by atoms with E-state index in [2.05, 4.69) is 10.6 Å². The number of aliphatic hydroxyl groups excluding tert-OH is 1. The smallest absolute Gasteiger partial charge is 0.251 e. The number of benzene rings is 1. The van der Waals surface area contributed by atoms with Crippen LogP contribution >= 0.6 is 0 Å². The molecule has 2 fully saturated rings. The van der Waals surface area contributed by atoms with E-state index in [4.69, 9.17) is 0 Å². The molecule has 2 aliphatic carbocycles. The van der Waals surface area contributed by atoms with Crippen molar-refractivity contribution in [2.75, 3.05) is 5.32 Å². The van der Waals surface area contributed by atoms with E-state index in [1.165, 1.54) is 0 Å². The summed E-state index contributed by atoms with van der Waals surface area (Å²) < 4.78 is 0. The molecule has 0 aromatic heterocycles. The van der Waals surface area contributed by atoms with Gasteiger partial charge in [-0.2, -0.15) is 0 Å². The van der Waals surface area contributed by atoms with Crippen LogP contribution in [0.2, 0.25) is 0 Å². The number of amides is 2. The first kappa shape index (κ1) is 15.0. The Morgan fingerprint density at radius 2 is 1.77 bits per heavy atom. The predicted octanol–water partition coefficient (Wildman–Crippen LogP) is 2.07. The molecule has 5 nitrogen and oxygen atoms in total. The molecule has 118 valence electrons. The topological polar surface area (TPSA) is 78.4 Å². The Kier molecular flexibility index (Phi) is 4.43. The number of rotatable bonds is 4. The van der Waals surface area contributed by atoms with Crippen LogP contribution in [-0.4, -0.2) is 29.1 Å². The lowest BCUT2D eigenvalue weighted by atomic mass is 9.93. The Hall–Kier alpha value is -1.88. The van der Waals surface area contributed by atoms with Crippen LogP contribution < -0.4 is 10.6 Å². The van der Waals surface area contributed by atoms with Gasteiger partial charge in [-0.25, -0.2) is 0 Å². The summed E-state index contributed by atoms with van der Waals surface area (Å²) in [5.74, 6) is 0.0638. The molecule has 0 unspecified atom stereocenters. The lowest BCUT2D eigenvalue weighted by molar-refractivity contribution is -0.117. The first-order valence-electron chi connectivity index (χ1n) is 8.01. The zero-order chi connectivity index (χ0) is 15.5. The third kappa shape index (κ3) is 3.85. The van der Waals surface area contributed by atoms with E-state index in [9.17, 15) is 14.7 Å². The third-order valence-corrected chi connectivity index (χ3v) is 4.37. The number of hydrogen-bond acceptors (Lipinski definition) is 3. The van der Waals surface area contributed by atoms with Crippen LogP contribution in [0.5, 0.6) is 0 Å². The van der Waals surface area contributed by atoms with E-state index >= 15 is 0 Å². The van der Waals surface area contributed by atoms with Crippen molar-refractivity contribution < 1.29 is 14.7 Å². The second-order valence-corrected chi connectivity index (χ2v) is 6.32. The fourth-order valence-electron chi connectivity index (χ4n) is 2.82. The highest BCUT2D eigenvalue weighted by molar-refractivity contribution is 5.98. The highest BCUT2D eigenvalue weighted by Gasteiger charge is 2.29. The van der Waals surface area contributed by atoms with E-state index in [1.807, 2.05) is 0 Å². The maximum atomic E-state index is 12.3. The molecular weight excluding hydrogens is 280 g/mol. The molecule has 0 spiro atoms. The van der Waals surface area contributed by atoms with Gasteiger partial charge in [-0.05, 0) is 56.7 Å². The second-order valence-electron chi connectivity index (χ2n) is 6.32. The van der Waals surface area contributed by atoms with Crippen molar-refractivity contribution in [2.24, 2.45) is 5.92 Å². The molecule has 2 saturated carbocycles. The van der Waals surface area contributed by atoms with Gasteiger partial charge in [0.2, 0.25) is 5.91 Å². The Morgan fingerprint density at radius 1 is 1.05 bits per heavy atom. The van der Waals surface area contributed by atoms with Gasteiger partial charge in [-0.1, -0.05) is 6.07 Å². The molecule has 1 aromatic carbocycles. The van der Waals surface area contributed by atoms with Gasteiger partial charge in [0.15, 0.2) is 0 Å². The molecule has 0 heterocycles. The van der Waals surface area contributed by atoms with E-state index in [1.54, 1.807) is 24.3 Å². The van der Waals surface area contributed by atoms with Gasteiger partial charge in [0.05, 0.1) is 6.10 Å². The Balaban J connectivity index is 1.58. The van der Waals surface area contributed by atoms with Gasteiger partial charge in [-0.3, -0.25) is 9.59 Å². The minimum absolute atomic E-state index is 0.0406. The van der Waals surface area contributed by atoms with Crippen molar-refractivity contribution in [1.82, 2.24) is 5.32 Å². The zero-order valence-electron chi connectivity index (χ0n) is 12.5. The average molecular weight is 302 g/mol. The van der Waals surface area contributed by atoms with Gasteiger partial charge in [-0.15, -0.1) is 0 Å². The van der Waals surface area contributed by atoms with Crippen LogP contribution in [0.4, 0.5) is 5.69 Å². The first-order valence-corrected chi connectivity index (χ1v) is 8.01. The summed E-state index contributed by atoms with van der Waals surface area (Å²) in [7, 11) is 0. The van der Waals surface area contributed by atoms with Crippen molar-refractivity contribution >= 4 is 17.5 Å². The van der Waals surface area contributed by atoms with Crippen molar-refractivity contribution in [3.05, 3.63) is 29.8 Å². The minimum Gasteiger partial charge on any atom is -0.393 e. The van der Waals surface area contributed by atoms with E-state index in [0.29, 0.717) is 11.3 Å². The molecule has 2 aliphatic rings. The Labute approximate surface area is 130 Å². The third-order valence-electron chi connectivity index (χ3n) is 4.37. The number of nitrogens with one attached hydrogen (secondary N) is 2. The molecule has 2 amide bonds. The summed E-state index contributed by atoms with van der Waals surface area (Å²) in [6, 6.07) is 7.17. The molecule has 0 atom stereocenters. The van der Waals surface area contributed by atoms with Crippen LogP contribution in [0.15, 0.2) is 24.3 Å². The number of carbonyl (C=O) groups is 2. The number of carbonyl (C=O) groups excluding carboxylic acids is 2. The predicted molar refractivity (Wildman–Crippen MR) is 83.5 cm³/mol. The van der Waals surface area contributed by atoms with Crippen LogP contribution in [0, 0.1) is 5.92 Å². The molecule has 0 aliphatic heterocycles. The monoisotopic (exact) mass is 302 g/mol. The minimum atomic E-state index is -0.228. The molecule has 0 saturated heterocycles. The highest BCUT2D eigenvalue weighted by atomic mass is 16.3. The highest BCUT2D eigenvalue weighted by Crippen LogP contribution is 2.30. The summed E-state index contributed by atoms with van der Waals surface area (Å²) in [6.45, 7) is 0. The zero-order valence-corrected chi connectivity index (χ0v) is 12.5. The van der Waals surface area contributed by atoms with Gasteiger partial charge >= 0.3 is 0 Å². The van der Waals surface area contributed by atoms with Gasteiger partial charge in [0.25, 0.3) is 5.91 Å². The lowest BCUT2D eigenvalue weighted by Crippen LogP contribution is -2.38. The molecule has 3 rings (SSSR count). The molecular formula is C17H22N2O3. The number of anilines is 1. The molecule has 1 aromatic rings. The second kappa shape index (κ2) is 6.48. The van der Waals surface area contributed by atoms with Crippen molar-refractivity contribution in [2.45, 2.75) is 50.7 Å². The summed E-state index contributed by atoms with van der Waals surface area (Å²) in [6.07, 6.45) is 4.79. The Bertz CT molecular complexity index is 561. The quantitative estimate of drug-likeness (QED) is 0.796. The first-order chi connectivity index (χ1) is 10.6. The SMILES string of the molecule is O=C(NC1CCC(O)CC1)c1cccc(NC(=O)C2CC2)c1. The van der Waals surface area contributed by atoms with Gasteiger partial charge in [0.1, 0.15) is 0 Å². The number of hydrogen-bond donors (Lipinski definition) is 3. The van der Waals surface area contributed by atoms with Crippen molar-refractivity contribution in [3.63, 3.8) is 0 Å². The maximum Gasteiger partial charge on any atom is 0.251 e. The number of aliphatic hydroxyl groups is 1. The van der Waals surface area contributed by atoms with E-state index in [0.717, 1.165) is 38.5 Å². The summed E-state index contributed by atoms with van der Waals surface area (Å²) in [4.78, 5) is 24.1. The van der Waals surface area contributed by atoms with Crippen molar-refractivity contribution in [1.29, 1.82) is 0 Å². The van der Waals surface area contributed by atoms with Crippen LogP contribution in [0.3, 0.4) is 0 Å². The molecule has 5 heteroatoms. The summed E-state index contributed by atoms with van der Waals surface area (Å²) in [5, 5.41) is 15.4. The standard InChI is InChI=1S/C17H22N2O3/c20-15-8-6-13(7-9-15)18-17(22)12-2-1-3-14(10-12)19-16(21)11-4-5-11/h1-3,10-11,13,15,20H,4-9H2,(H,18,22)(H,19,21). The Morgan fingerprint density at radius 3 is 2.45 bits per heavy atom. The molecule has 0 bridgehead atoms. The average Bonchev–Trinajstić information content (AvgIpc) is 3.34. The molecule has 22 heavy (non-hydrogen) atoms. The van der Waals surface area contributed by atoms with Gasteiger partial charge in [0, 0.05) is 23.2 Å². The lowest BCUT2D eigenvalue weighted by Gasteiger charge is -2.26. The van der Waals surface area contributed by atoms with Crippen LogP contribution in [0.1, 0.15) is 48.9 Å². The summed E-state index contributed by atoms with van der Waals surface area (Å²) >= 11 is 0. The molecule has 3 N–H and O–H groups in total. The van der Waals surface area contributed by atoms with E-state index in [-0.39, 0.29) is 29.9 Å². The fourth-order valence-corrected chi connectivity index (χ4v) is 2.82. The van der Waals surface area contributed by atoms with Gasteiger partial charge < -0.3 is 15.7 Å². The molecule has 0 radical (unpaired) electrons. The fraction of sp³-hybridized carbons (Fsp3) is 0.529. The van der Waals surface area contributed by atoms with Crippen LogP contribution in [0.25, 0.3) is 0 Å². The van der Waals surface area contributed by atoms with Crippen LogP contribution in [-0.2, 0) is 4.79 Å². The van der Waals surface area contributed by atoms with E-state index < -0.39 is 0 Å². The van der Waals surface area contributed by atoms with Crippen molar-refractivity contribution in [3.8, 4) is 0 Å². The normalized spacial score (nSPS) is 24.6. The largest absolute Gasteiger partial charge is 0.393 e. The summed E-state index contributed by atoms with van der Waals surface area (Å²) in [5.41, 5.74) is 1.23.